The van der Waals surface area contributed by atoms with Crippen LogP contribution < -0.4 is 14.8 Å². The van der Waals surface area contributed by atoms with Gasteiger partial charge in [0.2, 0.25) is 12.5 Å². The molecular formula is C13H15BrFNO2. The van der Waals surface area contributed by atoms with Crippen LogP contribution >= 0.6 is 15.9 Å². The minimum atomic E-state index is -0.288. The van der Waals surface area contributed by atoms with Gasteiger partial charge in [0.05, 0.1) is 0 Å². The van der Waals surface area contributed by atoms with E-state index in [9.17, 15) is 4.39 Å². The Kier molecular flexibility index (Phi) is 3.43. The summed E-state index contributed by atoms with van der Waals surface area (Å²) >= 11 is 3.42. The molecule has 2 heterocycles. The highest BCUT2D eigenvalue weighted by Gasteiger charge is 2.25. The lowest BCUT2D eigenvalue weighted by Crippen LogP contribution is -2.35. The van der Waals surface area contributed by atoms with E-state index in [4.69, 9.17) is 9.47 Å². The van der Waals surface area contributed by atoms with Crippen LogP contribution in [0.2, 0.25) is 0 Å². The third-order valence-corrected chi connectivity index (χ3v) is 4.22. The first-order chi connectivity index (χ1) is 8.75. The minimum Gasteiger partial charge on any atom is -0.453 e. The maximum Gasteiger partial charge on any atom is 0.231 e. The van der Waals surface area contributed by atoms with Crippen molar-refractivity contribution in [3.05, 3.63) is 21.9 Å². The third kappa shape index (κ3) is 2.21. The zero-order valence-electron chi connectivity index (χ0n) is 9.97. The monoisotopic (exact) mass is 315 g/mol. The second kappa shape index (κ2) is 5.05. The molecule has 0 saturated carbocycles. The maximum atomic E-state index is 14.3. The van der Waals surface area contributed by atoms with E-state index in [-0.39, 0.29) is 18.4 Å². The number of nitrogens with one attached hydrogen (secondary N) is 1. The van der Waals surface area contributed by atoms with E-state index >= 15 is 0 Å². The molecule has 0 amide bonds. The fourth-order valence-electron chi connectivity index (χ4n) is 2.54. The molecule has 0 bridgehead atoms. The molecule has 1 fully saturated rings. The van der Waals surface area contributed by atoms with Gasteiger partial charge >= 0.3 is 0 Å². The highest BCUT2D eigenvalue weighted by molar-refractivity contribution is 9.10. The summed E-state index contributed by atoms with van der Waals surface area (Å²) in [6.07, 6.45) is 4.20. The number of rotatable bonds is 2. The summed E-state index contributed by atoms with van der Waals surface area (Å²) in [4.78, 5) is 0. The Morgan fingerprint density at radius 1 is 1.39 bits per heavy atom. The Morgan fingerprint density at radius 2 is 2.28 bits per heavy atom. The summed E-state index contributed by atoms with van der Waals surface area (Å²) in [6, 6.07) is 2.15. The minimum absolute atomic E-state index is 0.101. The Morgan fingerprint density at radius 3 is 3.06 bits per heavy atom. The first kappa shape index (κ1) is 12.2. The molecule has 0 radical (unpaired) electrons. The van der Waals surface area contributed by atoms with E-state index in [1.165, 1.54) is 12.8 Å². The van der Waals surface area contributed by atoms with E-state index in [2.05, 4.69) is 21.2 Å². The molecule has 18 heavy (non-hydrogen) atoms. The number of fused-ring (bicyclic) bond motifs is 1. The van der Waals surface area contributed by atoms with Crippen molar-refractivity contribution in [1.29, 1.82) is 0 Å². The van der Waals surface area contributed by atoms with Crippen LogP contribution in [0.25, 0.3) is 0 Å². The molecule has 1 aromatic carbocycles. The highest BCUT2D eigenvalue weighted by Crippen LogP contribution is 2.40. The summed E-state index contributed by atoms with van der Waals surface area (Å²) in [7, 11) is 0. The van der Waals surface area contributed by atoms with Gasteiger partial charge < -0.3 is 14.8 Å². The summed E-state index contributed by atoms with van der Waals surface area (Å²) in [5.74, 6) is 0.452. The van der Waals surface area contributed by atoms with Crippen LogP contribution in [0.4, 0.5) is 4.39 Å². The van der Waals surface area contributed by atoms with Crippen LogP contribution in [-0.4, -0.2) is 19.4 Å². The average molecular weight is 316 g/mol. The van der Waals surface area contributed by atoms with Crippen LogP contribution in [-0.2, 0) is 6.42 Å². The lowest BCUT2D eigenvalue weighted by molar-refractivity contribution is 0.170. The van der Waals surface area contributed by atoms with Crippen molar-refractivity contribution in [2.75, 3.05) is 13.3 Å². The van der Waals surface area contributed by atoms with Gasteiger partial charge in [-0.2, -0.15) is 0 Å². The summed E-state index contributed by atoms with van der Waals surface area (Å²) in [5.41, 5.74) is 0.679. The fraction of sp³-hybridized carbons (Fsp3) is 0.538. The molecule has 1 aromatic rings. The Bertz CT molecular complexity index is 461. The predicted octanol–water partition coefficient (Wildman–Crippen LogP) is 3.00. The van der Waals surface area contributed by atoms with Crippen molar-refractivity contribution >= 4 is 15.9 Å². The average Bonchev–Trinajstić information content (AvgIpc) is 2.84. The maximum absolute atomic E-state index is 14.3. The molecule has 1 unspecified atom stereocenters. The summed E-state index contributed by atoms with van der Waals surface area (Å²) in [6.45, 7) is 1.12. The van der Waals surface area contributed by atoms with Gasteiger partial charge in [-0.25, -0.2) is 4.39 Å². The zero-order valence-corrected chi connectivity index (χ0v) is 11.6. The Balaban J connectivity index is 1.87. The van der Waals surface area contributed by atoms with Gasteiger partial charge in [-0.05, 0) is 31.9 Å². The quantitative estimate of drug-likeness (QED) is 0.910. The second-order valence-electron chi connectivity index (χ2n) is 4.74. The van der Waals surface area contributed by atoms with E-state index in [1.54, 1.807) is 6.07 Å². The van der Waals surface area contributed by atoms with Gasteiger partial charge in [-0.15, -0.1) is 0 Å². The molecular weight excluding hydrogens is 301 g/mol. The van der Waals surface area contributed by atoms with Crippen LogP contribution in [0.1, 0.15) is 24.8 Å². The molecule has 3 nitrogen and oxygen atoms in total. The van der Waals surface area contributed by atoms with Crippen LogP contribution in [0, 0.1) is 5.82 Å². The van der Waals surface area contributed by atoms with Gasteiger partial charge in [0, 0.05) is 16.1 Å². The normalized spacial score (nSPS) is 22.2. The smallest absolute Gasteiger partial charge is 0.231 e. The van der Waals surface area contributed by atoms with Crippen molar-refractivity contribution in [1.82, 2.24) is 5.32 Å². The summed E-state index contributed by atoms with van der Waals surface area (Å²) < 4.78 is 25.5. The molecule has 2 aliphatic heterocycles. The van der Waals surface area contributed by atoms with E-state index < -0.39 is 0 Å². The zero-order chi connectivity index (χ0) is 12.5. The molecule has 1 atom stereocenters. The Hall–Kier alpha value is -0.810. The van der Waals surface area contributed by atoms with Gasteiger partial charge in [0.15, 0.2) is 11.6 Å². The predicted molar refractivity (Wildman–Crippen MR) is 69.6 cm³/mol. The molecule has 0 aromatic heterocycles. The largest absolute Gasteiger partial charge is 0.453 e. The fourth-order valence-corrected chi connectivity index (χ4v) is 3.09. The third-order valence-electron chi connectivity index (χ3n) is 3.51. The van der Waals surface area contributed by atoms with E-state index in [1.807, 2.05) is 0 Å². The lowest BCUT2D eigenvalue weighted by Gasteiger charge is -2.24. The molecule has 3 rings (SSSR count). The van der Waals surface area contributed by atoms with E-state index in [0.29, 0.717) is 23.8 Å². The van der Waals surface area contributed by atoms with Crippen molar-refractivity contribution in [3.63, 3.8) is 0 Å². The Labute approximate surface area is 114 Å². The van der Waals surface area contributed by atoms with Gasteiger partial charge in [0.1, 0.15) is 0 Å². The molecule has 1 N–H and O–H groups in total. The summed E-state index contributed by atoms with van der Waals surface area (Å²) in [5, 5.41) is 3.43. The highest BCUT2D eigenvalue weighted by atomic mass is 79.9. The SMILES string of the molecule is Fc1c(CC2CCCCN2)c(Br)cc2c1OCO2. The molecule has 98 valence electrons. The first-order valence-electron chi connectivity index (χ1n) is 6.25. The number of benzene rings is 1. The first-order valence-corrected chi connectivity index (χ1v) is 7.05. The molecule has 2 aliphatic rings. The second-order valence-corrected chi connectivity index (χ2v) is 5.59. The van der Waals surface area contributed by atoms with Crippen LogP contribution in [0.3, 0.4) is 0 Å². The number of hydrogen-bond acceptors (Lipinski definition) is 3. The number of piperidine rings is 1. The van der Waals surface area contributed by atoms with E-state index in [0.717, 1.165) is 17.4 Å². The number of hydrogen-bond donors (Lipinski definition) is 1. The van der Waals surface area contributed by atoms with Gasteiger partial charge in [-0.3, -0.25) is 0 Å². The van der Waals surface area contributed by atoms with Crippen LogP contribution in [0.15, 0.2) is 10.5 Å². The van der Waals surface area contributed by atoms with Crippen molar-refractivity contribution in [2.45, 2.75) is 31.7 Å². The topological polar surface area (TPSA) is 30.5 Å². The lowest BCUT2D eigenvalue weighted by atomic mass is 9.97. The molecule has 1 saturated heterocycles. The molecule has 0 aliphatic carbocycles. The number of halogens is 2. The number of ether oxygens (including phenoxy) is 2. The van der Waals surface area contributed by atoms with Crippen LogP contribution in [0.5, 0.6) is 11.5 Å². The van der Waals surface area contributed by atoms with Gasteiger partial charge in [0.25, 0.3) is 0 Å². The molecule has 0 spiro atoms. The van der Waals surface area contributed by atoms with Crippen molar-refractivity contribution < 1.29 is 13.9 Å². The van der Waals surface area contributed by atoms with Crippen molar-refractivity contribution in [3.8, 4) is 11.5 Å². The van der Waals surface area contributed by atoms with Crippen molar-refractivity contribution in [2.24, 2.45) is 0 Å². The molecule has 5 heteroatoms. The standard InChI is InChI=1S/C13H15BrFNO2/c14-10-6-11-13(18-7-17-11)12(15)9(10)5-8-3-1-2-4-16-8/h6,8,16H,1-5,7H2. The van der Waals surface area contributed by atoms with Gasteiger partial charge in [-0.1, -0.05) is 22.4 Å².